The molecule has 1 amide bonds. The first-order valence-electron chi connectivity index (χ1n) is 6.24. The molecule has 2 aromatic rings. The van der Waals surface area contributed by atoms with Gasteiger partial charge in [0.2, 0.25) is 0 Å². The predicted octanol–water partition coefficient (Wildman–Crippen LogP) is 2.93. The summed E-state index contributed by atoms with van der Waals surface area (Å²) in [5.74, 6) is 2.41. The molecule has 1 heterocycles. The molecule has 0 saturated carbocycles. The maximum Gasteiger partial charge on any atom is 0.254 e. The van der Waals surface area contributed by atoms with Crippen LogP contribution in [-0.2, 0) is 0 Å². The number of terminal acetylenes is 1. The summed E-state index contributed by atoms with van der Waals surface area (Å²) in [6.07, 6.45) is 5.40. The number of rotatable bonds is 2. The second-order valence-corrected chi connectivity index (χ2v) is 5.33. The fraction of sp³-hybridized carbons (Fsp3) is 0.312. The number of amides is 1. The number of nitrogens with one attached hydrogen (secondary N) is 2. The first-order chi connectivity index (χ1) is 8.85. The first kappa shape index (κ1) is 13.2. The van der Waals surface area contributed by atoms with E-state index in [4.69, 9.17) is 6.42 Å². The Hall–Kier alpha value is -2.21. The average Bonchev–Trinajstić information content (AvgIpc) is 2.65. The zero-order valence-corrected chi connectivity index (χ0v) is 11.7. The van der Waals surface area contributed by atoms with Gasteiger partial charge in [0.25, 0.3) is 5.91 Å². The van der Waals surface area contributed by atoms with Gasteiger partial charge in [-0.15, -0.1) is 6.42 Å². The molecule has 3 nitrogen and oxygen atoms in total. The fourth-order valence-corrected chi connectivity index (χ4v) is 2.06. The van der Waals surface area contributed by atoms with E-state index in [1.807, 2.05) is 26.0 Å². The van der Waals surface area contributed by atoms with E-state index in [1.165, 1.54) is 5.56 Å². The van der Waals surface area contributed by atoms with E-state index < -0.39 is 5.54 Å². The number of fused-ring (bicyclic) bond motifs is 1. The minimum atomic E-state index is -0.657. The summed E-state index contributed by atoms with van der Waals surface area (Å²) in [5, 5.41) is 3.92. The third kappa shape index (κ3) is 2.34. The Labute approximate surface area is 113 Å². The Morgan fingerprint density at radius 2 is 2.05 bits per heavy atom. The number of aromatic amines is 1. The second kappa shape index (κ2) is 4.47. The van der Waals surface area contributed by atoms with Crippen molar-refractivity contribution in [3.05, 3.63) is 35.0 Å². The Kier molecular flexibility index (Phi) is 3.11. The highest BCUT2D eigenvalue weighted by Crippen LogP contribution is 2.24. The summed E-state index contributed by atoms with van der Waals surface area (Å²) in [5.41, 5.74) is 3.07. The van der Waals surface area contributed by atoms with Gasteiger partial charge in [0.1, 0.15) is 0 Å². The monoisotopic (exact) mass is 254 g/mol. The van der Waals surface area contributed by atoms with E-state index in [1.54, 1.807) is 19.9 Å². The van der Waals surface area contributed by atoms with Gasteiger partial charge in [0.15, 0.2) is 0 Å². The standard InChI is InChI=1S/C16H18N2O/c1-6-16(4,5)18-15(19)13-9-7-8-12-10(2)11(3)17-14(12)13/h1,7-9,17H,2-5H3,(H,18,19). The van der Waals surface area contributed by atoms with Crippen LogP contribution in [0.4, 0.5) is 0 Å². The summed E-state index contributed by atoms with van der Waals surface area (Å²) in [4.78, 5) is 15.6. The van der Waals surface area contributed by atoms with Gasteiger partial charge in [-0.25, -0.2) is 0 Å². The summed E-state index contributed by atoms with van der Waals surface area (Å²) < 4.78 is 0. The van der Waals surface area contributed by atoms with Crippen LogP contribution in [0.1, 0.15) is 35.5 Å². The molecule has 19 heavy (non-hydrogen) atoms. The van der Waals surface area contributed by atoms with Crippen LogP contribution in [0.15, 0.2) is 18.2 Å². The van der Waals surface area contributed by atoms with Gasteiger partial charge in [0.05, 0.1) is 16.6 Å². The highest BCUT2D eigenvalue weighted by molar-refractivity contribution is 6.07. The van der Waals surface area contributed by atoms with Crippen molar-refractivity contribution >= 4 is 16.8 Å². The molecule has 2 N–H and O–H groups in total. The van der Waals surface area contributed by atoms with Crippen molar-refractivity contribution in [2.45, 2.75) is 33.2 Å². The molecule has 0 unspecified atom stereocenters. The maximum atomic E-state index is 12.3. The van der Waals surface area contributed by atoms with Crippen molar-refractivity contribution < 1.29 is 4.79 Å². The van der Waals surface area contributed by atoms with Crippen molar-refractivity contribution in [2.75, 3.05) is 0 Å². The molecule has 3 heteroatoms. The molecule has 0 spiro atoms. The Balaban J connectivity index is 2.49. The van der Waals surface area contributed by atoms with Crippen LogP contribution in [0.25, 0.3) is 10.9 Å². The van der Waals surface area contributed by atoms with Crippen LogP contribution in [-0.4, -0.2) is 16.4 Å². The highest BCUT2D eigenvalue weighted by atomic mass is 16.1. The highest BCUT2D eigenvalue weighted by Gasteiger charge is 2.20. The molecule has 0 atom stereocenters. The molecule has 0 saturated heterocycles. The average molecular weight is 254 g/mol. The van der Waals surface area contributed by atoms with E-state index in [9.17, 15) is 4.79 Å². The summed E-state index contributed by atoms with van der Waals surface area (Å²) in [6, 6.07) is 5.71. The molecule has 0 aliphatic carbocycles. The Bertz CT molecular complexity index is 687. The van der Waals surface area contributed by atoms with Crippen LogP contribution in [0.2, 0.25) is 0 Å². The molecule has 0 fully saturated rings. The number of carbonyl (C=O) groups is 1. The first-order valence-corrected chi connectivity index (χ1v) is 6.24. The van der Waals surface area contributed by atoms with Gasteiger partial charge >= 0.3 is 0 Å². The van der Waals surface area contributed by atoms with Crippen LogP contribution in [0.5, 0.6) is 0 Å². The number of H-pyrrole nitrogens is 1. The third-order valence-electron chi connectivity index (χ3n) is 3.37. The fourth-order valence-electron chi connectivity index (χ4n) is 2.06. The normalized spacial score (nSPS) is 11.3. The minimum absolute atomic E-state index is 0.158. The molecule has 0 radical (unpaired) electrons. The largest absolute Gasteiger partial charge is 0.358 e. The molecular weight excluding hydrogens is 236 g/mol. The minimum Gasteiger partial charge on any atom is -0.358 e. The lowest BCUT2D eigenvalue weighted by atomic mass is 10.0. The topological polar surface area (TPSA) is 44.9 Å². The number of benzene rings is 1. The molecule has 0 bridgehead atoms. The number of aromatic nitrogens is 1. The lowest BCUT2D eigenvalue weighted by Gasteiger charge is -2.19. The van der Waals surface area contributed by atoms with Crippen molar-refractivity contribution in [1.82, 2.24) is 10.3 Å². The molecule has 98 valence electrons. The number of hydrogen-bond donors (Lipinski definition) is 2. The lowest BCUT2D eigenvalue weighted by molar-refractivity contribution is 0.0931. The number of para-hydroxylation sites is 1. The maximum absolute atomic E-state index is 12.3. The van der Waals surface area contributed by atoms with Gasteiger partial charge in [-0.3, -0.25) is 4.79 Å². The van der Waals surface area contributed by atoms with E-state index in [0.717, 1.165) is 16.6 Å². The SMILES string of the molecule is C#CC(C)(C)NC(=O)c1cccc2c(C)c(C)[nH]c12. The van der Waals surface area contributed by atoms with E-state index in [-0.39, 0.29) is 5.91 Å². The molecule has 1 aromatic heterocycles. The van der Waals surface area contributed by atoms with Crippen LogP contribution >= 0.6 is 0 Å². The van der Waals surface area contributed by atoms with Gasteiger partial charge < -0.3 is 10.3 Å². The molecule has 1 aromatic carbocycles. The van der Waals surface area contributed by atoms with Gasteiger partial charge in [-0.05, 0) is 39.3 Å². The quantitative estimate of drug-likeness (QED) is 0.795. The molecule has 2 rings (SSSR count). The Morgan fingerprint density at radius 1 is 1.37 bits per heavy atom. The van der Waals surface area contributed by atoms with E-state index >= 15 is 0 Å². The predicted molar refractivity (Wildman–Crippen MR) is 78.2 cm³/mol. The zero-order chi connectivity index (χ0) is 14.2. The van der Waals surface area contributed by atoms with Crippen molar-refractivity contribution in [3.8, 4) is 12.3 Å². The zero-order valence-electron chi connectivity index (χ0n) is 11.7. The van der Waals surface area contributed by atoms with E-state index in [0.29, 0.717) is 5.56 Å². The van der Waals surface area contributed by atoms with E-state index in [2.05, 4.69) is 16.2 Å². The summed E-state index contributed by atoms with van der Waals surface area (Å²) >= 11 is 0. The Morgan fingerprint density at radius 3 is 2.68 bits per heavy atom. The molecular formula is C16H18N2O. The second-order valence-electron chi connectivity index (χ2n) is 5.33. The van der Waals surface area contributed by atoms with Crippen LogP contribution < -0.4 is 5.32 Å². The third-order valence-corrected chi connectivity index (χ3v) is 3.37. The number of carbonyl (C=O) groups excluding carboxylic acids is 1. The van der Waals surface area contributed by atoms with Gasteiger partial charge in [-0.1, -0.05) is 18.1 Å². The lowest BCUT2D eigenvalue weighted by Crippen LogP contribution is -2.42. The summed E-state index contributed by atoms with van der Waals surface area (Å²) in [6.45, 7) is 7.65. The van der Waals surface area contributed by atoms with Crippen molar-refractivity contribution in [2.24, 2.45) is 0 Å². The smallest absolute Gasteiger partial charge is 0.254 e. The number of hydrogen-bond acceptors (Lipinski definition) is 1. The number of aryl methyl sites for hydroxylation is 2. The van der Waals surface area contributed by atoms with Crippen LogP contribution in [0.3, 0.4) is 0 Å². The van der Waals surface area contributed by atoms with Crippen molar-refractivity contribution in [1.29, 1.82) is 0 Å². The molecule has 0 aliphatic heterocycles. The van der Waals surface area contributed by atoms with Gasteiger partial charge in [-0.2, -0.15) is 0 Å². The van der Waals surface area contributed by atoms with Gasteiger partial charge in [0, 0.05) is 11.1 Å². The molecule has 0 aliphatic rings. The van der Waals surface area contributed by atoms with Crippen molar-refractivity contribution in [3.63, 3.8) is 0 Å². The van der Waals surface area contributed by atoms with Crippen LogP contribution in [0, 0.1) is 26.2 Å². The summed E-state index contributed by atoms with van der Waals surface area (Å²) in [7, 11) is 0.